The number of unbranched alkanes of at least 4 members (excludes halogenated alkanes) is 4. The number of ketones is 1. The molecule has 0 unspecified atom stereocenters. The minimum Gasteiger partial charge on any atom is -0.494 e. The van der Waals surface area contributed by atoms with Crippen LogP contribution in [0.3, 0.4) is 0 Å². The number of carboxylic acids is 1. The first-order chi connectivity index (χ1) is 20.5. The number of hydrogen-bond donors (Lipinski definition) is 1. The van der Waals surface area contributed by atoms with E-state index in [0.29, 0.717) is 11.4 Å². The number of benzene rings is 3. The van der Waals surface area contributed by atoms with Gasteiger partial charge >= 0.3 is 5.97 Å². The van der Waals surface area contributed by atoms with Gasteiger partial charge in [0, 0.05) is 35.5 Å². The molecule has 0 bridgehead atoms. The van der Waals surface area contributed by atoms with E-state index >= 15 is 0 Å². The molecule has 4 aromatic rings. The Labute approximate surface area is 248 Å². The largest absolute Gasteiger partial charge is 0.494 e. The number of Topliss-reactive ketones (excluding diaryl/α,β-unsaturated/α-hetero) is 1. The summed E-state index contributed by atoms with van der Waals surface area (Å²) in [6, 6.07) is 22.9. The maximum absolute atomic E-state index is 12.7. The van der Waals surface area contributed by atoms with Crippen LogP contribution < -0.4 is 4.74 Å². The summed E-state index contributed by atoms with van der Waals surface area (Å²) in [6.07, 6.45) is 10.8. The van der Waals surface area contributed by atoms with Crippen LogP contribution in [0.2, 0.25) is 0 Å². The summed E-state index contributed by atoms with van der Waals surface area (Å²) >= 11 is 0. The second-order valence-corrected chi connectivity index (χ2v) is 10.7. The Morgan fingerprint density at radius 3 is 1.98 bits per heavy atom. The third kappa shape index (κ3) is 8.84. The van der Waals surface area contributed by atoms with E-state index in [1.807, 2.05) is 60.7 Å². The smallest absolute Gasteiger partial charge is 0.307 e. The van der Waals surface area contributed by atoms with Gasteiger partial charge in [-0.25, -0.2) is 9.97 Å². The van der Waals surface area contributed by atoms with Crippen molar-refractivity contribution in [3.8, 4) is 28.3 Å². The van der Waals surface area contributed by atoms with Crippen LogP contribution in [0.1, 0.15) is 73.9 Å². The number of carbonyl (C=O) groups is 2. The van der Waals surface area contributed by atoms with Gasteiger partial charge < -0.3 is 9.84 Å². The fourth-order valence-electron chi connectivity index (χ4n) is 4.85. The first kappa shape index (κ1) is 30.6. The highest BCUT2D eigenvalue weighted by Gasteiger charge is 2.22. The summed E-state index contributed by atoms with van der Waals surface area (Å²) < 4.78 is 5.87. The molecule has 1 atom stereocenters. The molecule has 0 saturated carbocycles. The molecule has 0 aliphatic rings. The molecule has 1 N–H and O–H groups in total. The number of carboxylic acid groups (broad SMARTS) is 1. The fraction of sp³-hybridized carbons (Fsp3) is 0.333. The maximum atomic E-state index is 12.7. The third-order valence-electron chi connectivity index (χ3n) is 7.52. The lowest BCUT2D eigenvalue weighted by molar-refractivity contribution is -0.141. The predicted octanol–water partition coefficient (Wildman–Crippen LogP) is 8.24. The topological polar surface area (TPSA) is 89.4 Å². The predicted molar refractivity (Wildman–Crippen MR) is 167 cm³/mol. The van der Waals surface area contributed by atoms with Gasteiger partial charge in [0.25, 0.3) is 0 Å². The Bertz CT molecular complexity index is 1410. The Balaban J connectivity index is 1.32. The molecule has 6 nitrogen and oxygen atoms in total. The molecule has 0 aliphatic heterocycles. The van der Waals surface area contributed by atoms with Gasteiger partial charge in [0.05, 0.1) is 12.5 Å². The number of rotatable bonds is 16. The SMILES string of the molecule is CCCCCCCOc1ccc(-c2cnc(-c3ccc(C[C@H](CC(=O)c4ccc(CC)cc4)C(=O)O)cc3)nc2)cc1. The monoisotopic (exact) mass is 564 g/mol. The molecule has 0 spiro atoms. The van der Waals surface area contributed by atoms with Crippen LogP contribution >= 0.6 is 0 Å². The Morgan fingerprint density at radius 1 is 0.738 bits per heavy atom. The van der Waals surface area contributed by atoms with Gasteiger partial charge in [-0.2, -0.15) is 0 Å². The molecular weight excluding hydrogens is 524 g/mol. The minimum atomic E-state index is -0.974. The molecule has 0 aliphatic carbocycles. The lowest BCUT2D eigenvalue weighted by atomic mass is 9.91. The summed E-state index contributed by atoms with van der Waals surface area (Å²) in [5.74, 6) is -0.471. The lowest BCUT2D eigenvalue weighted by Crippen LogP contribution is -2.20. The van der Waals surface area contributed by atoms with Crippen molar-refractivity contribution in [3.63, 3.8) is 0 Å². The average molecular weight is 565 g/mol. The number of nitrogens with zero attached hydrogens (tertiary/aromatic N) is 2. The zero-order valence-electron chi connectivity index (χ0n) is 24.6. The molecule has 218 valence electrons. The highest BCUT2D eigenvalue weighted by Crippen LogP contribution is 2.24. The average Bonchev–Trinajstić information content (AvgIpc) is 3.03. The van der Waals surface area contributed by atoms with E-state index in [9.17, 15) is 14.7 Å². The van der Waals surface area contributed by atoms with E-state index in [2.05, 4.69) is 23.8 Å². The number of aliphatic carboxylic acids is 1. The van der Waals surface area contributed by atoms with Crippen LogP contribution in [0, 0.1) is 5.92 Å². The van der Waals surface area contributed by atoms with Gasteiger partial charge in [0.2, 0.25) is 0 Å². The number of aryl methyl sites for hydroxylation is 1. The summed E-state index contributed by atoms with van der Waals surface area (Å²) in [5.41, 5.74) is 5.31. The normalized spacial score (nSPS) is 11.7. The van der Waals surface area contributed by atoms with Crippen LogP contribution in [0.5, 0.6) is 5.75 Å². The van der Waals surface area contributed by atoms with Gasteiger partial charge in [-0.1, -0.05) is 100 Å². The second-order valence-electron chi connectivity index (χ2n) is 10.7. The van der Waals surface area contributed by atoms with Crippen molar-refractivity contribution in [2.24, 2.45) is 5.92 Å². The van der Waals surface area contributed by atoms with Crippen molar-refractivity contribution in [2.45, 2.75) is 65.2 Å². The van der Waals surface area contributed by atoms with Gasteiger partial charge in [-0.3, -0.25) is 9.59 Å². The van der Waals surface area contributed by atoms with E-state index in [-0.39, 0.29) is 18.6 Å². The van der Waals surface area contributed by atoms with E-state index in [1.54, 1.807) is 24.5 Å². The highest BCUT2D eigenvalue weighted by molar-refractivity contribution is 5.98. The van der Waals surface area contributed by atoms with E-state index in [0.717, 1.165) is 53.0 Å². The van der Waals surface area contributed by atoms with Crippen LogP contribution in [-0.2, 0) is 17.6 Å². The summed E-state index contributed by atoms with van der Waals surface area (Å²) in [6.45, 7) is 5.01. The second kappa shape index (κ2) is 15.6. The van der Waals surface area contributed by atoms with E-state index < -0.39 is 11.9 Å². The zero-order chi connectivity index (χ0) is 29.7. The van der Waals surface area contributed by atoms with Gasteiger partial charge in [-0.15, -0.1) is 0 Å². The Hall–Kier alpha value is -4.32. The third-order valence-corrected chi connectivity index (χ3v) is 7.52. The molecule has 6 heteroatoms. The summed E-state index contributed by atoms with van der Waals surface area (Å²) in [5, 5.41) is 9.78. The van der Waals surface area contributed by atoms with Crippen molar-refractivity contribution < 1.29 is 19.4 Å². The molecule has 42 heavy (non-hydrogen) atoms. The quantitative estimate of drug-likeness (QED) is 0.109. The van der Waals surface area contributed by atoms with Crippen molar-refractivity contribution >= 4 is 11.8 Å². The number of hydrogen-bond acceptors (Lipinski definition) is 5. The standard InChI is InChI=1S/C36H40N2O4/c1-3-5-6-7-8-21-42-33-19-17-28(18-20-33)32-24-37-35(38-25-32)30-15-11-27(12-16-30)22-31(36(40)41)23-34(39)29-13-9-26(4-2)10-14-29/h9-20,24-25,31H,3-8,21-23H2,1-2H3,(H,40,41)/t31-/m1/s1. The number of aromatic nitrogens is 2. The molecule has 1 heterocycles. The van der Waals surface area contributed by atoms with Crippen LogP contribution in [0.4, 0.5) is 0 Å². The van der Waals surface area contributed by atoms with Crippen molar-refractivity contribution in [2.75, 3.05) is 6.61 Å². The molecule has 0 radical (unpaired) electrons. The van der Waals surface area contributed by atoms with Crippen molar-refractivity contribution in [3.05, 3.63) is 102 Å². The van der Waals surface area contributed by atoms with E-state index in [4.69, 9.17) is 4.74 Å². The number of ether oxygens (including phenoxy) is 1. The minimum absolute atomic E-state index is 0.0424. The van der Waals surface area contributed by atoms with Gasteiger partial charge in [0.1, 0.15) is 5.75 Å². The van der Waals surface area contributed by atoms with Crippen molar-refractivity contribution in [1.82, 2.24) is 9.97 Å². The maximum Gasteiger partial charge on any atom is 0.307 e. The Kier molecular flexibility index (Phi) is 11.4. The van der Waals surface area contributed by atoms with E-state index in [1.165, 1.54) is 25.7 Å². The lowest BCUT2D eigenvalue weighted by Gasteiger charge is -2.12. The molecule has 4 rings (SSSR count). The molecule has 3 aromatic carbocycles. The first-order valence-electron chi connectivity index (χ1n) is 15.0. The molecular formula is C36H40N2O4. The fourth-order valence-corrected chi connectivity index (χ4v) is 4.85. The zero-order valence-corrected chi connectivity index (χ0v) is 24.6. The molecule has 0 fully saturated rings. The van der Waals surface area contributed by atoms with Crippen LogP contribution in [0.15, 0.2) is 85.2 Å². The summed E-state index contributed by atoms with van der Waals surface area (Å²) in [4.78, 5) is 33.8. The molecule has 0 amide bonds. The van der Waals surface area contributed by atoms with Crippen LogP contribution in [-0.4, -0.2) is 33.4 Å². The molecule has 0 saturated heterocycles. The number of carbonyl (C=O) groups excluding carboxylic acids is 1. The highest BCUT2D eigenvalue weighted by atomic mass is 16.5. The van der Waals surface area contributed by atoms with Gasteiger partial charge in [0.15, 0.2) is 11.6 Å². The summed E-state index contributed by atoms with van der Waals surface area (Å²) in [7, 11) is 0. The Morgan fingerprint density at radius 2 is 1.36 bits per heavy atom. The first-order valence-corrected chi connectivity index (χ1v) is 15.0. The van der Waals surface area contributed by atoms with Crippen molar-refractivity contribution in [1.29, 1.82) is 0 Å². The van der Waals surface area contributed by atoms with Gasteiger partial charge in [-0.05, 0) is 48.1 Å². The molecule has 1 aromatic heterocycles. The van der Waals surface area contributed by atoms with Crippen LogP contribution in [0.25, 0.3) is 22.5 Å².